The molecule has 1 amide bonds. The number of carbonyl (C=O) groups is 2. The van der Waals surface area contributed by atoms with Crippen molar-refractivity contribution in [3.8, 4) is 0 Å². The monoisotopic (exact) mass is 660 g/mol. The van der Waals surface area contributed by atoms with Crippen LogP contribution in [0.4, 0.5) is 0 Å². The second-order valence-corrected chi connectivity index (χ2v) is 18.5. The lowest BCUT2D eigenvalue weighted by atomic mass is 9.32. The highest BCUT2D eigenvalue weighted by atomic mass is 16.4. The normalized spacial score (nSPS) is 40.0. The fourth-order valence-corrected chi connectivity index (χ4v) is 13.5. The van der Waals surface area contributed by atoms with Gasteiger partial charge in [0.15, 0.2) is 0 Å². The molecule has 0 spiro atoms. The fourth-order valence-electron chi connectivity index (χ4n) is 13.5. The van der Waals surface area contributed by atoms with E-state index in [-0.39, 0.29) is 33.7 Å². The van der Waals surface area contributed by atoms with Crippen molar-refractivity contribution in [3.63, 3.8) is 0 Å². The molecule has 0 unspecified atom stereocenters. The van der Waals surface area contributed by atoms with Gasteiger partial charge in [-0.1, -0.05) is 66.7 Å². The summed E-state index contributed by atoms with van der Waals surface area (Å²) in [4.78, 5) is 28.0. The number of aliphatic hydroxyl groups is 1. The number of amides is 1. The SMILES string of the molecule is CC(C)[C@@H]1CC[C@]2(C(=O)NCCN(C)CCO)CC[C@]3(C)[C@H](CC[C@@H]4[C@@]5(C)CC=C(c6ccc(C(=O)O)cc6)C(C)(C)[C@@H]5CC[C@]43C)[C@@H]12. The molecule has 1 aromatic carbocycles. The minimum absolute atomic E-state index is 0.00390. The molecular formula is C42H64N2O4. The van der Waals surface area contributed by atoms with Gasteiger partial charge in [-0.15, -0.1) is 0 Å². The molecule has 0 heterocycles. The van der Waals surface area contributed by atoms with E-state index in [1.165, 1.54) is 43.2 Å². The van der Waals surface area contributed by atoms with Crippen LogP contribution in [-0.4, -0.2) is 60.3 Å². The third-order valence-corrected chi connectivity index (χ3v) is 16.1. The predicted octanol–water partition coefficient (Wildman–Crippen LogP) is 8.16. The summed E-state index contributed by atoms with van der Waals surface area (Å²) >= 11 is 0. The molecule has 3 N–H and O–H groups in total. The number of likely N-dealkylation sites (N-methyl/N-ethyl adjacent to an activating group) is 1. The molecule has 0 saturated heterocycles. The van der Waals surface area contributed by atoms with Crippen LogP contribution in [0.25, 0.3) is 5.57 Å². The van der Waals surface area contributed by atoms with Gasteiger partial charge >= 0.3 is 5.97 Å². The molecule has 0 bridgehead atoms. The molecule has 0 radical (unpaired) electrons. The first-order chi connectivity index (χ1) is 22.6. The van der Waals surface area contributed by atoms with E-state index in [0.29, 0.717) is 60.1 Å². The Hall–Kier alpha value is -2.18. The van der Waals surface area contributed by atoms with E-state index in [1.54, 1.807) is 12.1 Å². The van der Waals surface area contributed by atoms with Gasteiger partial charge in [0.25, 0.3) is 0 Å². The summed E-state index contributed by atoms with van der Waals surface area (Å²) in [6, 6.07) is 7.55. The molecule has 6 heteroatoms. The van der Waals surface area contributed by atoms with Crippen LogP contribution in [0.3, 0.4) is 0 Å². The number of hydrogen-bond acceptors (Lipinski definition) is 4. The maximum Gasteiger partial charge on any atom is 0.335 e. The number of rotatable bonds is 9. The highest BCUT2D eigenvalue weighted by Crippen LogP contribution is 2.77. The second kappa shape index (κ2) is 12.5. The molecule has 0 aromatic heterocycles. The highest BCUT2D eigenvalue weighted by Gasteiger charge is 2.71. The van der Waals surface area contributed by atoms with E-state index in [1.807, 2.05) is 19.2 Å². The number of nitrogens with one attached hydrogen (secondary N) is 1. The molecule has 4 fully saturated rings. The molecule has 5 aliphatic rings. The van der Waals surface area contributed by atoms with Crippen LogP contribution in [0.15, 0.2) is 30.3 Å². The lowest BCUT2D eigenvalue weighted by Crippen LogP contribution is -2.66. The summed E-state index contributed by atoms with van der Waals surface area (Å²) in [5.74, 6) is 2.82. The topological polar surface area (TPSA) is 89.9 Å². The molecule has 9 atom stereocenters. The van der Waals surface area contributed by atoms with Crippen molar-refractivity contribution in [2.45, 2.75) is 106 Å². The van der Waals surface area contributed by atoms with E-state index in [9.17, 15) is 19.8 Å². The van der Waals surface area contributed by atoms with Crippen molar-refractivity contribution in [2.24, 2.45) is 62.6 Å². The first kappa shape index (κ1) is 35.6. The van der Waals surface area contributed by atoms with Crippen molar-refractivity contribution < 1.29 is 19.8 Å². The first-order valence-corrected chi connectivity index (χ1v) is 19.2. The van der Waals surface area contributed by atoms with Crippen molar-refractivity contribution in [2.75, 3.05) is 33.3 Å². The minimum Gasteiger partial charge on any atom is -0.478 e. The largest absolute Gasteiger partial charge is 0.478 e. The van der Waals surface area contributed by atoms with Gasteiger partial charge in [0.05, 0.1) is 17.6 Å². The van der Waals surface area contributed by atoms with Gasteiger partial charge in [-0.25, -0.2) is 4.79 Å². The fraction of sp³-hybridized carbons (Fsp3) is 0.762. The molecular weight excluding hydrogens is 596 g/mol. The van der Waals surface area contributed by atoms with Crippen molar-refractivity contribution >= 4 is 17.4 Å². The molecule has 6 nitrogen and oxygen atoms in total. The Bertz CT molecular complexity index is 1420. The summed E-state index contributed by atoms with van der Waals surface area (Å²) in [7, 11) is 2.01. The standard InChI is InChI=1S/C42H64N2O4/c1-27(2)30-15-20-42(37(48)43-23-24-44(8)25-26-45)22-21-40(6)32(35(30)42)13-14-34-39(5)18-16-31(28-9-11-29(12-10-28)36(46)47)38(3,4)33(39)17-19-41(34,40)7/h9-12,16,27,30,32-35,45H,13-15,17-26H2,1-8H3,(H,43,48)(H,46,47)/t30-,32+,33-,34+,35+,39-,40+,41+,42-/m0/s1. The Morgan fingerprint density at radius 1 is 0.896 bits per heavy atom. The Kier molecular flexibility index (Phi) is 9.32. The van der Waals surface area contributed by atoms with Crippen LogP contribution in [0.2, 0.25) is 0 Å². The van der Waals surface area contributed by atoms with Gasteiger partial charge in [-0.2, -0.15) is 0 Å². The van der Waals surface area contributed by atoms with Crippen LogP contribution < -0.4 is 5.32 Å². The summed E-state index contributed by atoms with van der Waals surface area (Å²) < 4.78 is 0. The average Bonchev–Trinajstić information content (AvgIpc) is 3.43. The first-order valence-electron chi connectivity index (χ1n) is 19.2. The Morgan fingerprint density at radius 2 is 1.60 bits per heavy atom. The van der Waals surface area contributed by atoms with Crippen LogP contribution in [-0.2, 0) is 4.79 Å². The predicted molar refractivity (Wildman–Crippen MR) is 193 cm³/mol. The van der Waals surface area contributed by atoms with Crippen molar-refractivity contribution in [1.82, 2.24) is 10.2 Å². The number of fused-ring (bicyclic) bond motifs is 7. The van der Waals surface area contributed by atoms with Crippen LogP contribution >= 0.6 is 0 Å². The van der Waals surface area contributed by atoms with Crippen LogP contribution in [0.5, 0.6) is 0 Å². The van der Waals surface area contributed by atoms with Gasteiger partial charge in [-0.3, -0.25) is 4.79 Å². The third-order valence-electron chi connectivity index (χ3n) is 16.1. The smallest absolute Gasteiger partial charge is 0.335 e. The number of allylic oxidation sites excluding steroid dienone is 2. The number of benzene rings is 1. The zero-order valence-corrected chi connectivity index (χ0v) is 31.2. The Morgan fingerprint density at radius 3 is 2.25 bits per heavy atom. The molecule has 48 heavy (non-hydrogen) atoms. The maximum absolute atomic E-state index is 14.3. The van der Waals surface area contributed by atoms with Crippen LogP contribution in [0.1, 0.15) is 122 Å². The number of carbonyl (C=O) groups excluding carboxylic acids is 1. The van der Waals surface area contributed by atoms with Gasteiger partial charge < -0.3 is 20.4 Å². The van der Waals surface area contributed by atoms with E-state index >= 15 is 0 Å². The van der Waals surface area contributed by atoms with Gasteiger partial charge in [0, 0.05) is 19.6 Å². The summed E-state index contributed by atoms with van der Waals surface area (Å²) in [5.41, 5.74) is 3.28. The quantitative estimate of drug-likeness (QED) is 0.249. The zero-order valence-electron chi connectivity index (χ0n) is 31.2. The van der Waals surface area contributed by atoms with Gasteiger partial charge in [0.2, 0.25) is 5.91 Å². The number of carboxylic acid groups (broad SMARTS) is 1. The molecule has 0 aliphatic heterocycles. The summed E-state index contributed by atoms with van der Waals surface area (Å²) in [6.07, 6.45) is 12.9. The number of carboxylic acids is 1. The van der Waals surface area contributed by atoms with Crippen LogP contribution in [0, 0.1) is 62.6 Å². The Balaban J connectivity index is 1.29. The average molecular weight is 661 g/mol. The molecule has 6 rings (SSSR count). The van der Waals surface area contributed by atoms with E-state index in [4.69, 9.17) is 0 Å². The highest BCUT2D eigenvalue weighted by molar-refractivity contribution is 5.88. The van der Waals surface area contributed by atoms with E-state index in [0.717, 1.165) is 32.2 Å². The summed E-state index contributed by atoms with van der Waals surface area (Å²) in [5, 5.41) is 22.2. The van der Waals surface area contributed by atoms with E-state index < -0.39 is 5.97 Å². The maximum atomic E-state index is 14.3. The van der Waals surface area contributed by atoms with Crippen molar-refractivity contribution in [1.29, 1.82) is 0 Å². The molecule has 5 aliphatic carbocycles. The Labute approximate surface area is 290 Å². The zero-order chi connectivity index (χ0) is 34.9. The number of nitrogens with zero attached hydrogens (tertiary/aromatic N) is 1. The summed E-state index contributed by atoms with van der Waals surface area (Å²) in [6.45, 7) is 19.8. The second-order valence-electron chi connectivity index (χ2n) is 18.5. The minimum atomic E-state index is -0.873. The third kappa shape index (κ3) is 5.24. The van der Waals surface area contributed by atoms with E-state index in [2.05, 4.69) is 64.8 Å². The molecule has 266 valence electrons. The van der Waals surface area contributed by atoms with Gasteiger partial charge in [0.1, 0.15) is 0 Å². The number of aromatic carboxylic acids is 1. The molecule has 4 saturated carbocycles. The van der Waals surface area contributed by atoms with Crippen molar-refractivity contribution in [3.05, 3.63) is 41.5 Å². The van der Waals surface area contributed by atoms with Gasteiger partial charge in [-0.05, 0) is 145 Å². The lowest BCUT2D eigenvalue weighted by molar-refractivity contribution is -0.227. The number of hydrogen-bond donors (Lipinski definition) is 3. The number of aliphatic hydroxyl groups excluding tert-OH is 1. The lowest BCUT2D eigenvalue weighted by Gasteiger charge is -2.72. The molecule has 1 aromatic rings.